The zero-order valence-electron chi connectivity index (χ0n) is 21.7. The molecule has 3 heteroatoms. The largest absolute Gasteiger partial charge is 0.312 e. The van der Waals surface area contributed by atoms with Crippen LogP contribution in [0.3, 0.4) is 0 Å². The molecule has 172 valence electrons. The first kappa shape index (κ1) is 30.3. The van der Waals surface area contributed by atoms with Gasteiger partial charge in [-0.25, -0.2) is 0 Å². The van der Waals surface area contributed by atoms with Crippen molar-refractivity contribution < 1.29 is 0 Å². The first-order valence-corrected chi connectivity index (χ1v) is 11.7. The van der Waals surface area contributed by atoms with E-state index in [9.17, 15) is 0 Å². The van der Waals surface area contributed by atoms with Gasteiger partial charge < -0.3 is 16.0 Å². The molecule has 0 unspecified atom stereocenters. The van der Waals surface area contributed by atoms with E-state index in [1.807, 2.05) is 0 Å². The Kier molecular flexibility index (Phi) is 17.6. The molecule has 1 aromatic rings. The van der Waals surface area contributed by atoms with E-state index in [1.165, 1.54) is 18.4 Å². The van der Waals surface area contributed by atoms with Gasteiger partial charge in [-0.05, 0) is 46.1 Å². The molecule has 0 spiro atoms. The maximum absolute atomic E-state index is 3.54. The summed E-state index contributed by atoms with van der Waals surface area (Å²) in [4.78, 5) is 0. The lowest BCUT2D eigenvalue weighted by molar-refractivity contribution is 0.366. The molecule has 0 fully saturated rings. The third-order valence-corrected chi connectivity index (χ3v) is 4.61. The van der Waals surface area contributed by atoms with Crippen molar-refractivity contribution in [2.45, 2.75) is 132 Å². The maximum atomic E-state index is 3.54. The van der Waals surface area contributed by atoms with Crippen molar-refractivity contribution in [3.63, 3.8) is 0 Å². The summed E-state index contributed by atoms with van der Waals surface area (Å²) in [7, 11) is 0. The zero-order chi connectivity index (χ0) is 23.0. The van der Waals surface area contributed by atoms with Gasteiger partial charge in [0.2, 0.25) is 0 Å². The van der Waals surface area contributed by atoms with Crippen LogP contribution in [0.25, 0.3) is 0 Å². The van der Waals surface area contributed by atoms with Gasteiger partial charge in [0.05, 0.1) is 0 Å². The number of hydrogen-bond donors (Lipinski definition) is 3. The highest BCUT2D eigenvalue weighted by atomic mass is 15.0. The van der Waals surface area contributed by atoms with E-state index < -0.39 is 0 Å². The molecule has 29 heavy (non-hydrogen) atoms. The van der Waals surface area contributed by atoms with Gasteiger partial charge in [-0.2, -0.15) is 0 Å². The van der Waals surface area contributed by atoms with Crippen molar-refractivity contribution in [1.82, 2.24) is 16.0 Å². The summed E-state index contributed by atoms with van der Waals surface area (Å²) in [5.41, 5.74) is 1.40. The summed E-state index contributed by atoms with van der Waals surface area (Å²) >= 11 is 0. The second-order valence-corrected chi connectivity index (χ2v) is 9.55. The second-order valence-electron chi connectivity index (χ2n) is 9.55. The molecule has 0 aromatic heterocycles. The number of hydrogen-bond acceptors (Lipinski definition) is 3. The molecule has 0 bridgehead atoms. The first-order chi connectivity index (χ1) is 13.3. The van der Waals surface area contributed by atoms with Gasteiger partial charge in [-0.3, -0.25) is 0 Å². The Hall–Kier alpha value is -0.900. The van der Waals surface area contributed by atoms with Crippen LogP contribution in [-0.2, 0) is 5.54 Å². The van der Waals surface area contributed by atoms with E-state index in [0.29, 0.717) is 30.2 Å². The lowest BCUT2D eigenvalue weighted by atomic mass is 9.94. The predicted molar refractivity (Wildman–Crippen MR) is 134 cm³/mol. The van der Waals surface area contributed by atoms with Crippen molar-refractivity contribution in [3.8, 4) is 0 Å². The Morgan fingerprint density at radius 3 is 1.28 bits per heavy atom. The van der Waals surface area contributed by atoms with E-state index in [4.69, 9.17) is 0 Å². The number of rotatable bonds is 9. The van der Waals surface area contributed by atoms with Crippen LogP contribution in [0.15, 0.2) is 30.3 Å². The van der Waals surface area contributed by atoms with Gasteiger partial charge in [0, 0.05) is 35.7 Å². The van der Waals surface area contributed by atoms with Crippen LogP contribution in [-0.4, -0.2) is 30.2 Å². The minimum atomic E-state index is 0.0649. The fourth-order valence-electron chi connectivity index (χ4n) is 3.03. The first-order valence-electron chi connectivity index (χ1n) is 11.7. The summed E-state index contributed by atoms with van der Waals surface area (Å²) in [6, 6.07) is 13.7. The smallest absolute Gasteiger partial charge is 0.0379 e. The highest BCUT2D eigenvalue weighted by molar-refractivity contribution is 5.22. The van der Waals surface area contributed by atoms with E-state index in [1.54, 1.807) is 0 Å². The third kappa shape index (κ3) is 18.8. The van der Waals surface area contributed by atoms with Gasteiger partial charge in [0.25, 0.3) is 0 Å². The van der Waals surface area contributed by atoms with Crippen LogP contribution in [0.2, 0.25) is 0 Å². The lowest BCUT2D eigenvalue weighted by Crippen LogP contribution is -2.40. The number of nitrogens with one attached hydrogen (secondary N) is 3. The third-order valence-electron chi connectivity index (χ3n) is 4.61. The van der Waals surface area contributed by atoms with Gasteiger partial charge in [0.15, 0.2) is 0 Å². The van der Waals surface area contributed by atoms with Crippen molar-refractivity contribution in [2.75, 3.05) is 0 Å². The standard InChI is InChI=1S/C12H19N.2C7H17N/c1-10(2)13-12(3,4)11-8-6-5-7-9-11;2*1-5-7(4)8-6(2)3/h5-10,13H,1-4H3;2*6-8H,5H2,1-4H3/t;2*7-/m.10/s1. The molecule has 0 aliphatic carbocycles. The van der Waals surface area contributed by atoms with Gasteiger partial charge >= 0.3 is 0 Å². The van der Waals surface area contributed by atoms with Crippen molar-refractivity contribution >= 4 is 0 Å². The lowest BCUT2D eigenvalue weighted by Gasteiger charge is -2.29. The molecule has 0 saturated carbocycles. The van der Waals surface area contributed by atoms with Crippen LogP contribution in [0.1, 0.15) is 101 Å². The molecule has 3 N–H and O–H groups in total. The minimum Gasteiger partial charge on any atom is -0.312 e. The summed E-state index contributed by atoms with van der Waals surface area (Å²) in [6.45, 7) is 26.3. The average Bonchev–Trinajstić information content (AvgIpc) is 2.61. The molecule has 0 radical (unpaired) electrons. The maximum Gasteiger partial charge on any atom is 0.0379 e. The summed E-state index contributed by atoms with van der Waals surface area (Å²) < 4.78 is 0. The molecule has 0 saturated heterocycles. The molecule has 1 rings (SSSR count). The molecule has 0 amide bonds. The molecule has 0 aliphatic rings. The summed E-state index contributed by atoms with van der Waals surface area (Å²) in [5.74, 6) is 0. The van der Waals surface area contributed by atoms with E-state index in [2.05, 4.69) is 129 Å². The van der Waals surface area contributed by atoms with Crippen molar-refractivity contribution in [2.24, 2.45) is 0 Å². The molecular formula is C26H53N3. The topological polar surface area (TPSA) is 36.1 Å². The molecule has 0 aliphatic heterocycles. The quantitative estimate of drug-likeness (QED) is 0.438. The highest BCUT2D eigenvalue weighted by Crippen LogP contribution is 2.19. The predicted octanol–water partition coefficient (Wildman–Crippen LogP) is 6.49. The molecule has 1 aromatic carbocycles. The number of benzene rings is 1. The SMILES string of the molecule is CC(C)NC(C)(C)c1ccccc1.CC[C@@H](C)NC(C)C.CC[C@H](C)NC(C)C. The van der Waals surface area contributed by atoms with Crippen LogP contribution in [0.5, 0.6) is 0 Å². The fourth-order valence-corrected chi connectivity index (χ4v) is 3.03. The van der Waals surface area contributed by atoms with E-state index >= 15 is 0 Å². The molecule has 0 heterocycles. The van der Waals surface area contributed by atoms with Crippen molar-refractivity contribution in [3.05, 3.63) is 35.9 Å². The van der Waals surface area contributed by atoms with Crippen molar-refractivity contribution in [1.29, 1.82) is 0 Å². The van der Waals surface area contributed by atoms with Crippen LogP contribution < -0.4 is 16.0 Å². The van der Waals surface area contributed by atoms with E-state index in [0.717, 1.165) is 0 Å². The molecule has 2 atom stereocenters. The minimum absolute atomic E-state index is 0.0649. The van der Waals surface area contributed by atoms with Crippen LogP contribution in [0.4, 0.5) is 0 Å². The summed E-state index contributed by atoms with van der Waals surface area (Å²) in [6.07, 6.45) is 2.44. The Balaban J connectivity index is 0. The Labute approximate surface area is 183 Å². The van der Waals surface area contributed by atoms with Gasteiger partial charge in [-0.15, -0.1) is 0 Å². The summed E-state index contributed by atoms with van der Waals surface area (Å²) in [5, 5.41) is 10.3. The zero-order valence-corrected chi connectivity index (χ0v) is 21.7. The second kappa shape index (κ2) is 16.8. The highest BCUT2D eigenvalue weighted by Gasteiger charge is 2.19. The fraction of sp³-hybridized carbons (Fsp3) is 0.769. The van der Waals surface area contributed by atoms with Gasteiger partial charge in [-0.1, -0.05) is 85.7 Å². The Morgan fingerprint density at radius 2 is 1.03 bits per heavy atom. The van der Waals surface area contributed by atoms with Gasteiger partial charge in [0.1, 0.15) is 0 Å². The molecule has 3 nitrogen and oxygen atoms in total. The monoisotopic (exact) mass is 407 g/mol. The van der Waals surface area contributed by atoms with Crippen LogP contribution >= 0.6 is 0 Å². The molecular weight excluding hydrogens is 354 g/mol. The Bertz CT molecular complexity index is 450. The van der Waals surface area contributed by atoms with Crippen LogP contribution in [0, 0.1) is 0 Å². The Morgan fingerprint density at radius 1 is 0.655 bits per heavy atom. The normalized spacial score (nSPS) is 13.5. The van der Waals surface area contributed by atoms with E-state index in [-0.39, 0.29) is 5.54 Å². The average molecular weight is 408 g/mol.